The molecule has 0 bridgehead atoms. The van der Waals surface area contributed by atoms with E-state index in [0.717, 1.165) is 29.0 Å². The lowest BCUT2D eigenvalue weighted by Crippen LogP contribution is -2.41. The highest BCUT2D eigenvalue weighted by atomic mass is 16.5. The van der Waals surface area contributed by atoms with E-state index in [1.165, 1.54) is 5.01 Å². The molecule has 0 radical (unpaired) electrons. The van der Waals surface area contributed by atoms with Crippen LogP contribution in [0.15, 0.2) is 41.5 Å². The molecule has 3 rings (SSSR count). The van der Waals surface area contributed by atoms with Crippen molar-refractivity contribution >= 4 is 11.7 Å². The lowest BCUT2D eigenvalue weighted by molar-refractivity contribution is 0.184. The molecule has 0 unspecified atom stereocenters. The Hall–Kier alpha value is -3.26. The molecule has 2 aromatic rings. The maximum atomic E-state index is 12.6. The number of hydrogen-bond donors (Lipinski definition) is 1. The first kappa shape index (κ1) is 23.4. The summed E-state index contributed by atoms with van der Waals surface area (Å²) in [5, 5.41) is 8.96. The summed E-state index contributed by atoms with van der Waals surface area (Å²) in [5.74, 6) is 2.05. The summed E-state index contributed by atoms with van der Waals surface area (Å²) in [4.78, 5) is 14.6. The number of fused-ring (bicyclic) bond motifs is 1. The highest BCUT2D eigenvalue weighted by Crippen LogP contribution is 2.34. The van der Waals surface area contributed by atoms with Gasteiger partial charge in [0.25, 0.3) is 0 Å². The van der Waals surface area contributed by atoms with Gasteiger partial charge >= 0.3 is 6.03 Å². The maximum absolute atomic E-state index is 12.6. The molecule has 2 aromatic carbocycles. The van der Waals surface area contributed by atoms with Crippen LogP contribution in [-0.2, 0) is 6.42 Å². The van der Waals surface area contributed by atoms with E-state index in [1.54, 1.807) is 21.3 Å². The number of amides is 2. The monoisotopic (exact) mass is 440 g/mol. The van der Waals surface area contributed by atoms with Gasteiger partial charge in [0.1, 0.15) is 12.4 Å². The van der Waals surface area contributed by atoms with Gasteiger partial charge < -0.3 is 24.4 Å². The van der Waals surface area contributed by atoms with Gasteiger partial charge in [-0.15, -0.1) is 0 Å². The molecule has 0 saturated heterocycles. The fourth-order valence-corrected chi connectivity index (χ4v) is 3.60. The summed E-state index contributed by atoms with van der Waals surface area (Å²) < 4.78 is 16.9. The number of carbonyl (C=O) groups excluding carboxylic acids is 1. The van der Waals surface area contributed by atoms with Crippen molar-refractivity contribution in [3.05, 3.63) is 53.1 Å². The first-order chi connectivity index (χ1) is 15.4. The van der Waals surface area contributed by atoms with Gasteiger partial charge in [0.2, 0.25) is 0 Å². The second-order valence-electron chi connectivity index (χ2n) is 7.94. The summed E-state index contributed by atoms with van der Waals surface area (Å²) >= 11 is 0. The number of nitrogens with one attached hydrogen (secondary N) is 1. The predicted molar refractivity (Wildman–Crippen MR) is 125 cm³/mol. The van der Waals surface area contributed by atoms with Crippen LogP contribution < -0.4 is 19.5 Å². The zero-order valence-corrected chi connectivity index (χ0v) is 19.6. The van der Waals surface area contributed by atoms with E-state index in [2.05, 4.69) is 10.2 Å². The van der Waals surface area contributed by atoms with Crippen molar-refractivity contribution in [1.29, 1.82) is 0 Å². The van der Waals surface area contributed by atoms with Crippen molar-refractivity contribution < 1.29 is 19.0 Å². The van der Waals surface area contributed by atoms with Crippen LogP contribution in [0.4, 0.5) is 4.79 Å². The molecule has 1 atom stereocenters. The SMILES string of the molecule is CNC(=O)N1N=C(c2ccc(OCCN(C)C)cc2)c2cc(OC)c(OC)cc2C[C@@H]1C. The van der Waals surface area contributed by atoms with E-state index in [-0.39, 0.29) is 12.1 Å². The van der Waals surface area contributed by atoms with Crippen LogP contribution in [0.1, 0.15) is 23.6 Å². The number of rotatable bonds is 7. The Morgan fingerprint density at radius 2 is 1.81 bits per heavy atom. The number of benzene rings is 2. The molecule has 0 aliphatic carbocycles. The van der Waals surface area contributed by atoms with Crippen LogP contribution in [0.25, 0.3) is 0 Å². The number of hydrazone groups is 1. The minimum Gasteiger partial charge on any atom is -0.493 e. The quantitative estimate of drug-likeness (QED) is 0.716. The topological polar surface area (TPSA) is 75.6 Å². The van der Waals surface area contributed by atoms with E-state index < -0.39 is 0 Å². The third kappa shape index (κ3) is 5.13. The van der Waals surface area contributed by atoms with Crippen LogP contribution in [-0.4, -0.2) is 76.2 Å². The second-order valence-corrected chi connectivity index (χ2v) is 7.94. The van der Waals surface area contributed by atoms with Crippen molar-refractivity contribution in [3.63, 3.8) is 0 Å². The van der Waals surface area contributed by atoms with Gasteiger partial charge in [-0.3, -0.25) is 0 Å². The van der Waals surface area contributed by atoms with Gasteiger partial charge in [0, 0.05) is 24.7 Å². The third-order valence-electron chi connectivity index (χ3n) is 5.36. The van der Waals surface area contributed by atoms with Gasteiger partial charge in [0.15, 0.2) is 11.5 Å². The van der Waals surface area contributed by atoms with Crippen LogP contribution in [0.2, 0.25) is 0 Å². The molecule has 8 heteroatoms. The molecule has 1 heterocycles. The maximum Gasteiger partial charge on any atom is 0.337 e. The highest BCUT2D eigenvalue weighted by molar-refractivity contribution is 6.14. The van der Waals surface area contributed by atoms with Crippen molar-refractivity contribution in [2.75, 3.05) is 48.5 Å². The smallest absolute Gasteiger partial charge is 0.337 e. The van der Waals surface area contributed by atoms with E-state index >= 15 is 0 Å². The zero-order chi connectivity index (χ0) is 23.3. The molecule has 0 aromatic heterocycles. The number of likely N-dealkylation sites (N-methyl/N-ethyl adjacent to an activating group) is 1. The van der Waals surface area contributed by atoms with Gasteiger partial charge in [-0.1, -0.05) is 0 Å². The Morgan fingerprint density at radius 1 is 1.16 bits per heavy atom. The average Bonchev–Trinajstić information content (AvgIpc) is 2.93. The Bertz CT molecular complexity index is 973. The molecule has 8 nitrogen and oxygen atoms in total. The summed E-state index contributed by atoms with van der Waals surface area (Å²) in [7, 11) is 8.85. The van der Waals surface area contributed by atoms with Gasteiger partial charge in [-0.25, -0.2) is 9.80 Å². The third-order valence-corrected chi connectivity index (χ3v) is 5.36. The Labute approximate surface area is 189 Å². The fourth-order valence-electron chi connectivity index (χ4n) is 3.60. The highest BCUT2D eigenvalue weighted by Gasteiger charge is 2.28. The van der Waals surface area contributed by atoms with Gasteiger partial charge in [-0.2, -0.15) is 5.10 Å². The molecule has 1 aliphatic heterocycles. The van der Waals surface area contributed by atoms with Gasteiger partial charge in [-0.05, 0) is 69.4 Å². The summed E-state index contributed by atoms with van der Waals surface area (Å²) in [5.41, 5.74) is 3.50. The van der Waals surface area contributed by atoms with Crippen LogP contribution >= 0.6 is 0 Å². The molecule has 2 amide bonds. The molecule has 32 heavy (non-hydrogen) atoms. The molecule has 0 fully saturated rings. The average molecular weight is 441 g/mol. The summed E-state index contributed by atoms with van der Waals surface area (Å²) in [6.45, 7) is 3.42. The summed E-state index contributed by atoms with van der Waals surface area (Å²) in [6.07, 6.45) is 0.627. The molecule has 172 valence electrons. The van der Waals surface area contributed by atoms with Crippen molar-refractivity contribution in [3.8, 4) is 17.2 Å². The van der Waals surface area contributed by atoms with Crippen molar-refractivity contribution in [2.24, 2.45) is 5.10 Å². The standard InChI is InChI=1S/C24H32N4O4/c1-16-13-18-14-21(30-5)22(31-6)15-20(18)23(26-28(16)24(29)25-2)17-7-9-19(10-8-17)32-12-11-27(3)4/h7-10,14-16H,11-13H2,1-6H3,(H,25,29)/t16-/m0/s1. The number of carbonyl (C=O) groups is 1. The van der Waals surface area contributed by atoms with Crippen LogP contribution in [0, 0.1) is 0 Å². The number of hydrogen-bond acceptors (Lipinski definition) is 6. The van der Waals surface area contributed by atoms with E-state index in [9.17, 15) is 4.79 Å². The first-order valence-electron chi connectivity index (χ1n) is 10.6. The van der Waals surface area contributed by atoms with Crippen molar-refractivity contribution in [1.82, 2.24) is 15.2 Å². The number of urea groups is 1. The number of methoxy groups -OCH3 is 2. The van der Waals surface area contributed by atoms with Crippen LogP contribution in [0.5, 0.6) is 17.2 Å². The Morgan fingerprint density at radius 3 is 2.41 bits per heavy atom. The molecular formula is C24H32N4O4. The van der Waals surface area contributed by atoms with Crippen molar-refractivity contribution in [2.45, 2.75) is 19.4 Å². The lowest BCUT2D eigenvalue weighted by Gasteiger charge is -2.22. The first-order valence-corrected chi connectivity index (χ1v) is 10.6. The second kappa shape index (κ2) is 10.4. The van der Waals surface area contributed by atoms with E-state index in [4.69, 9.17) is 19.3 Å². The van der Waals surface area contributed by atoms with Crippen LogP contribution in [0.3, 0.4) is 0 Å². The molecular weight excluding hydrogens is 408 g/mol. The molecule has 0 spiro atoms. The lowest BCUT2D eigenvalue weighted by atomic mass is 9.94. The Kier molecular flexibility index (Phi) is 7.58. The number of nitrogens with zero attached hydrogens (tertiary/aromatic N) is 3. The van der Waals surface area contributed by atoms with E-state index in [0.29, 0.717) is 30.2 Å². The zero-order valence-electron chi connectivity index (χ0n) is 19.6. The molecule has 1 aliphatic rings. The number of ether oxygens (including phenoxy) is 3. The largest absolute Gasteiger partial charge is 0.493 e. The minimum atomic E-state index is -0.259. The normalized spacial score (nSPS) is 15.5. The fraction of sp³-hybridized carbons (Fsp3) is 0.417. The molecule has 1 N–H and O–H groups in total. The predicted octanol–water partition coefficient (Wildman–Crippen LogP) is 2.98. The summed E-state index contributed by atoms with van der Waals surface area (Å²) in [6, 6.07) is 11.3. The van der Waals surface area contributed by atoms with E-state index in [1.807, 2.05) is 57.4 Å². The van der Waals surface area contributed by atoms with Gasteiger partial charge in [0.05, 0.1) is 26.0 Å². The Balaban J connectivity index is 2.05. The minimum absolute atomic E-state index is 0.141. The molecule has 0 saturated carbocycles.